The Balaban J connectivity index is 1.97. The summed E-state index contributed by atoms with van der Waals surface area (Å²) in [6.45, 7) is 5.75. The predicted octanol–water partition coefficient (Wildman–Crippen LogP) is 2.43. The molecule has 1 saturated carbocycles. The topological polar surface area (TPSA) is 55.9 Å². The van der Waals surface area contributed by atoms with Gasteiger partial charge in [-0.1, -0.05) is 31.7 Å². The van der Waals surface area contributed by atoms with Gasteiger partial charge in [-0.05, 0) is 31.6 Å². The van der Waals surface area contributed by atoms with Gasteiger partial charge in [-0.3, -0.25) is 9.59 Å². The molecule has 4 heteroatoms. The molecule has 0 aromatic carbocycles. The highest BCUT2D eigenvalue weighted by atomic mass is 16.6. The second kappa shape index (κ2) is 6.84. The molecule has 1 saturated heterocycles. The van der Waals surface area contributed by atoms with Crippen molar-refractivity contribution in [2.45, 2.75) is 44.8 Å². The highest BCUT2D eigenvalue weighted by Crippen LogP contribution is 2.42. The zero-order chi connectivity index (χ0) is 14.5. The molecule has 0 radical (unpaired) electrons. The molecule has 0 aromatic rings. The van der Waals surface area contributed by atoms with Gasteiger partial charge in [0.25, 0.3) is 0 Å². The number of esters is 1. The quantitative estimate of drug-likeness (QED) is 0.311. The first-order chi connectivity index (χ1) is 9.69. The molecule has 2 fully saturated rings. The molecule has 1 heterocycles. The van der Waals surface area contributed by atoms with Crippen LogP contribution in [0.25, 0.3) is 0 Å². The van der Waals surface area contributed by atoms with Crippen molar-refractivity contribution >= 4 is 11.8 Å². The maximum absolute atomic E-state index is 12.2. The summed E-state index contributed by atoms with van der Waals surface area (Å²) >= 11 is 0. The summed E-state index contributed by atoms with van der Waals surface area (Å²) in [5, 5.41) is 0. The minimum atomic E-state index is -0.659. The third-order valence-corrected chi connectivity index (χ3v) is 3.88. The molecule has 110 valence electrons. The number of hydrogen-bond donors (Lipinski definition) is 0. The summed E-state index contributed by atoms with van der Waals surface area (Å²) in [7, 11) is 0. The molecule has 0 amide bonds. The monoisotopic (exact) mass is 278 g/mol. The Morgan fingerprint density at radius 3 is 3.00 bits per heavy atom. The van der Waals surface area contributed by atoms with Gasteiger partial charge in [-0.2, -0.15) is 0 Å². The predicted molar refractivity (Wildman–Crippen MR) is 75.1 cm³/mol. The van der Waals surface area contributed by atoms with Crippen LogP contribution in [0.4, 0.5) is 0 Å². The number of carbonyl (C=O) groups is 2. The van der Waals surface area contributed by atoms with Gasteiger partial charge in [-0.25, -0.2) is 0 Å². The summed E-state index contributed by atoms with van der Waals surface area (Å²) in [5.74, 6) is -1.15. The van der Waals surface area contributed by atoms with Gasteiger partial charge < -0.3 is 9.47 Å². The Morgan fingerprint density at radius 1 is 1.50 bits per heavy atom. The second-order valence-corrected chi connectivity index (χ2v) is 5.35. The van der Waals surface area contributed by atoms with E-state index < -0.39 is 11.9 Å². The lowest BCUT2D eigenvalue weighted by atomic mass is 9.76. The van der Waals surface area contributed by atoms with Gasteiger partial charge in [0.1, 0.15) is 18.6 Å². The fourth-order valence-electron chi connectivity index (χ4n) is 2.83. The highest BCUT2D eigenvalue weighted by Gasteiger charge is 2.57. The standard InChI is InChI=1S/C16H22O4/c1-3-5-6-7-8-11-10-12-15(20-12)14(17)13(11)16(18)19-9-4-2/h4-6,11-13,15H,2-3,7-10H2,1H3/b6-5+/t11-,12-,13?,15-/m1/s1. The van der Waals surface area contributed by atoms with Crippen molar-refractivity contribution in [1.29, 1.82) is 0 Å². The SMILES string of the molecule is C=CCOC(=O)C1C(=O)[C@@H]2O[C@@H]2C[C@H]1CC/C=C/CC. The van der Waals surface area contributed by atoms with Crippen LogP contribution in [0.2, 0.25) is 0 Å². The molecule has 0 spiro atoms. The fourth-order valence-corrected chi connectivity index (χ4v) is 2.83. The summed E-state index contributed by atoms with van der Waals surface area (Å²) in [4.78, 5) is 24.3. The van der Waals surface area contributed by atoms with E-state index in [1.54, 1.807) is 0 Å². The van der Waals surface area contributed by atoms with Crippen molar-refractivity contribution in [2.24, 2.45) is 11.8 Å². The Kier molecular flexibility index (Phi) is 5.12. The molecule has 4 atom stereocenters. The molecule has 2 aliphatic rings. The van der Waals surface area contributed by atoms with E-state index >= 15 is 0 Å². The van der Waals surface area contributed by atoms with Gasteiger partial charge in [0.05, 0.1) is 6.10 Å². The van der Waals surface area contributed by atoms with Gasteiger partial charge in [-0.15, -0.1) is 0 Å². The van der Waals surface area contributed by atoms with Gasteiger partial charge in [0.2, 0.25) is 0 Å². The van der Waals surface area contributed by atoms with E-state index in [4.69, 9.17) is 9.47 Å². The Hall–Kier alpha value is -1.42. The first kappa shape index (κ1) is 15.0. The molecule has 0 N–H and O–H groups in total. The van der Waals surface area contributed by atoms with Gasteiger partial charge in [0, 0.05) is 0 Å². The van der Waals surface area contributed by atoms with Crippen LogP contribution in [-0.2, 0) is 19.1 Å². The number of ketones is 1. The zero-order valence-corrected chi connectivity index (χ0v) is 11.9. The molecular formula is C16H22O4. The molecule has 0 aromatic heterocycles. The van der Waals surface area contributed by atoms with Crippen LogP contribution < -0.4 is 0 Å². The largest absolute Gasteiger partial charge is 0.461 e. The van der Waals surface area contributed by atoms with E-state index in [1.165, 1.54) is 6.08 Å². The zero-order valence-electron chi connectivity index (χ0n) is 11.9. The van der Waals surface area contributed by atoms with E-state index in [-0.39, 0.29) is 30.5 Å². The van der Waals surface area contributed by atoms with Crippen molar-refractivity contribution < 1.29 is 19.1 Å². The maximum Gasteiger partial charge on any atom is 0.317 e. The number of epoxide rings is 1. The lowest BCUT2D eigenvalue weighted by molar-refractivity contribution is -0.154. The molecular weight excluding hydrogens is 256 g/mol. The van der Waals surface area contributed by atoms with Crippen LogP contribution in [0.15, 0.2) is 24.8 Å². The van der Waals surface area contributed by atoms with E-state index in [2.05, 4.69) is 25.7 Å². The third-order valence-electron chi connectivity index (χ3n) is 3.88. The van der Waals surface area contributed by atoms with E-state index in [1.807, 2.05) is 0 Å². The minimum Gasteiger partial charge on any atom is -0.461 e. The van der Waals surface area contributed by atoms with Crippen LogP contribution in [-0.4, -0.2) is 30.6 Å². The van der Waals surface area contributed by atoms with E-state index in [0.717, 1.165) is 25.7 Å². The van der Waals surface area contributed by atoms with Crippen LogP contribution >= 0.6 is 0 Å². The first-order valence-electron chi connectivity index (χ1n) is 7.30. The maximum atomic E-state index is 12.2. The summed E-state index contributed by atoms with van der Waals surface area (Å²) in [6, 6.07) is 0. The third kappa shape index (κ3) is 3.37. The minimum absolute atomic E-state index is 0.0325. The van der Waals surface area contributed by atoms with Crippen molar-refractivity contribution in [3.8, 4) is 0 Å². The Bertz CT molecular complexity index is 413. The smallest absolute Gasteiger partial charge is 0.317 e. The summed E-state index contributed by atoms with van der Waals surface area (Å²) < 4.78 is 10.4. The van der Waals surface area contributed by atoms with Crippen molar-refractivity contribution in [1.82, 2.24) is 0 Å². The molecule has 1 aliphatic carbocycles. The molecule has 2 rings (SSSR count). The number of ether oxygens (including phenoxy) is 2. The van der Waals surface area contributed by atoms with Crippen LogP contribution in [0.3, 0.4) is 0 Å². The van der Waals surface area contributed by atoms with E-state index in [9.17, 15) is 9.59 Å². The lowest BCUT2D eigenvalue weighted by Gasteiger charge is -2.26. The Morgan fingerprint density at radius 2 is 2.30 bits per heavy atom. The average Bonchev–Trinajstić information content (AvgIpc) is 3.21. The summed E-state index contributed by atoms with van der Waals surface area (Å²) in [6.07, 6.45) is 8.89. The van der Waals surface area contributed by atoms with Crippen molar-refractivity contribution in [2.75, 3.05) is 6.61 Å². The van der Waals surface area contributed by atoms with E-state index in [0.29, 0.717) is 0 Å². The van der Waals surface area contributed by atoms with Crippen LogP contribution in [0.5, 0.6) is 0 Å². The number of fused-ring (bicyclic) bond motifs is 1. The number of carbonyl (C=O) groups excluding carboxylic acids is 2. The number of rotatable bonds is 7. The van der Waals surface area contributed by atoms with Crippen LogP contribution in [0, 0.1) is 11.8 Å². The lowest BCUT2D eigenvalue weighted by Crippen LogP contribution is -2.40. The second-order valence-electron chi connectivity index (χ2n) is 5.35. The average molecular weight is 278 g/mol. The van der Waals surface area contributed by atoms with Crippen LogP contribution in [0.1, 0.15) is 32.6 Å². The van der Waals surface area contributed by atoms with Gasteiger partial charge in [0.15, 0.2) is 5.78 Å². The summed E-state index contributed by atoms with van der Waals surface area (Å²) in [5.41, 5.74) is 0. The van der Waals surface area contributed by atoms with Crippen molar-refractivity contribution in [3.63, 3.8) is 0 Å². The molecule has 4 nitrogen and oxygen atoms in total. The van der Waals surface area contributed by atoms with Gasteiger partial charge >= 0.3 is 5.97 Å². The molecule has 0 bridgehead atoms. The number of Topliss-reactive ketones (excluding diaryl/α,β-unsaturated/α-hetero) is 1. The Labute approximate surface area is 119 Å². The number of hydrogen-bond acceptors (Lipinski definition) is 4. The first-order valence-corrected chi connectivity index (χ1v) is 7.30. The molecule has 1 aliphatic heterocycles. The molecule has 1 unspecified atom stereocenters. The fraction of sp³-hybridized carbons (Fsp3) is 0.625. The molecule has 20 heavy (non-hydrogen) atoms. The number of allylic oxidation sites excluding steroid dienone is 2. The highest BCUT2D eigenvalue weighted by molar-refractivity contribution is 6.03. The normalized spacial score (nSPS) is 31.9. The van der Waals surface area contributed by atoms with Crippen molar-refractivity contribution in [3.05, 3.63) is 24.8 Å².